The molecule has 0 aliphatic carbocycles. The number of nitrogens with one attached hydrogen (secondary N) is 1. The van der Waals surface area contributed by atoms with Crippen LogP contribution < -0.4 is 5.32 Å². The number of hydrogen-bond donors (Lipinski definition) is 2. The molecule has 1 rings (SSSR count). The minimum atomic E-state index is -0.537. The number of esters is 1. The second kappa shape index (κ2) is 14.9. The molecular formula is C15H25N2O5P. The smallest absolute Gasteiger partial charge is 0.330 e. The van der Waals surface area contributed by atoms with Gasteiger partial charge in [0.15, 0.2) is 0 Å². The molecule has 130 valence electrons. The van der Waals surface area contributed by atoms with E-state index in [-0.39, 0.29) is 18.8 Å². The van der Waals surface area contributed by atoms with Gasteiger partial charge >= 0.3 is 5.97 Å². The van der Waals surface area contributed by atoms with Crippen molar-refractivity contribution in [3.8, 4) is 0 Å². The predicted molar refractivity (Wildman–Crippen MR) is 96.7 cm³/mol. The number of ether oxygens (including phenoxy) is 1. The van der Waals surface area contributed by atoms with Crippen LogP contribution in [0, 0.1) is 10.1 Å². The van der Waals surface area contributed by atoms with Crippen molar-refractivity contribution in [1.29, 1.82) is 0 Å². The molecule has 1 aromatic rings. The number of carbonyl (C=O) groups is 1. The number of benzene rings is 1. The van der Waals surface area contributed by atoms with Crippen molar-refractivity contribution in [2.45, 2.75) is 13.8 Å². The van der Waals surface area contributed by atoms with Crippen molar-refractivity contribution in [2.24, 2.45) is 0 Å². The Hall–Kier alpha value is -1.98. The molecule has 1 unspecified atom stereocenters. The summed E-state index contributed by atoms with van der Waals surface area (Å²) in [7, 11) is 3.66. The van der Waals surface area contributed by atoms with Crippen LogP contribution in [0.25, 0.3) is 6.08 Å². The van der Waals surface area contributed by atoms with Crippen LogP contribution in [-0.2, 0) is 9.53 Å². The molecule has 0 saturated heterocycles. The zero-order valence-electron chi connectivity index (χ0n) is 13.9. The molecule has 8 heteroatoms. The molecule has 1 aromatic carbocycles. The second-order valence-electron chi connectivity index (χ2n) is 3.54. The Morgan fingerprint density at radius 1 is 1.43 bits per heavy atom. The fourth-order valence-corrected chi connectivity index (χ4v) is 1.38. The van der Waals surface area contributed by atoms with Gasteiger partial charge in [-0.05, 0) is 17.7 Å². The fraction of sp³-hybridized carbons (Fsp3) is 0.400. The van der Waals surface area contributed by atoms with E-state index in [4.69, 9.17) is 5.11 Å². The monoisotopic (exact) mass is 344 g/mol. The Morgan fingerprint density at radius 2 is 2.04 bits per heavy atom. The molecule has 1 atom stereocenters. The quantitative estimate of drug-likeness (QED) is 0.270. The van der Waals surface area contributed by atoms with Crippen molar-refractivity contribution in [3.63, 3.8) is 0 Å². The van der Waals surface area contributed by atoms with Gasteiger partial charge in [-0.3, -0.25) is 10.1 Å². The van der Waals surface area contributed by atoms with Crippen LogP contribution in [0.15, 0.2) is 24.3 Å². The van der Waals surface area contributed by atoms with Gasteiger partial charge < -0.3 is 15.2 Å². The molecule has 0 aliphatic heterocycles. The number of nitro groups is 1. The van der Waals surface area contributed by atoms with Crippen molar-refractivity contribution >= 4 is 32.7 Å². The number of rotatable bonds is 6. The molecule has 23 heavy (non-hydrogen) atoms. The van der Waals surface area contributed by atoms with Crippen LogP contribution in [0.4, 0.5) is 11.4 Å². The number of nitro benzene ring substituents is 1. The molecule has 0 aromatic heterocycles. The maximum Gasteiger partial charge on any atom is 0.330 e. The molecular weight excluding hydrogens is 319 g/mol. The van der Waals surface area contributed by atoms with Crippen LogP contribution in [0.2, 0.25) is 0 Å². The predicted octanol–water partition coefficient (Wildman–Crippen LogP) is 2.70. The van der Waals surface area contributed by atoms with Crippen LogP contribution in [0.3, 0.4) is 0 Å². The van der Waals surface area contributed by atoms with Gasteiger partial charge in [0.2, 0.25) is 0 Å². The minimum absolute atomic E-state index is 0.124. The topological polar surface area (TPSA) is 102 Å². The first-order valence-electron chi connectivity index (χ1n) is 7.05. The van der Waals surface area contributed by atoms with Crippen molar-refractivity contribution in [3.05, 3.63) is 40.0 Å². The molecule has 0 aliphatic rings. The van der Waals surface area contributed by atoms with Gasteiger partial charge in [-0.2, -0.15) is 0 Å². The highest BCUT2D eigenvalue weighted by Gasteiger charge is 2.13. The van der Waals surface area contributed by atoms with E-state index in [2.05, 4.69) is 19.3 Å². The zero-order valence-corrected chi connectivity index (χ0v) is 15.1. The number of aliphatic hydroxyl groups is 1. The van der Waals surface area contributed by atoms with Gasteiger partial charge in [0.05, 0.1) is 18.6 Å². The number of anilines is 1. The van der Waals surface area contributed by atoms with Gasteiger partial charge in [-0.1, -0.05) is 26.6 Å². The lowest BCUT2D eigenvalue weighted by atomic mass is 10.1. The Morgan fingerprint density at radius 3 is 2.52 bits per heavy atom. The number of methoxy groups -OCH3 is 1. The van der Waals surface area contributed by atoms with Crippen molar-refractivity contribution in [2.75, 3.05) is 32.2 Å². The van der Waals surface area contributed by atoms with Crippen LogP contribution in [0.1, 0.15) is 19.4 Å². The van der Waals surface area contributed by atoms with Crippen molar-refractivity contribution < 1.29 is 19.6 Å². The SMILES string of the molecule is CC.COC(=O)/C=C/c1ccc(NCCO)c([N+](=O)[O-])c1.CP. The van der Waals surface area contributed by atoms with E-state index in [1.807, 2.05) is 20.5 Å². The Bertz CT molecular complexity index is 507. The molecule has 0 bridgehead atoms. The molecule has 0 heterocycles. The lowest BCUT2D eigenvalue weighted by Gasteiger charge is -2.05. The third kappa shape index (κ3) is 9.60. The Labute approximate surface area is 139 Å². The first-order valence-corrected chi connectivity index (χ1v) is 8.21. The summed E-state index contributed by atoms with van der Waals surface area (Å²) in [5.74, 6) is -0.537. The molecule has 2 N–H and O–H groups in total. The Kier molecular flexibility index (Phi) is 15.1. The average Bonchev–Trinajstić information content (AvgIpc) is 2.61. The number of carbonyl (C=O) groups excluding carboxylic acids is 1. The van der Waals surface area contributed by atoms with Gasteiger partial charge in [-0.15, -0.1) is 9.24 Å². The van der Waals surface area contributed by atoms with Crippen molar-refractivity contribution in [1.82, 2.24) is 0 Å². The summed E-state index contributed by atoms with van der Waals surface area (Å²) in [4.78, 5) is 21.3. The highest BCUT2D eigenvalue weighted by Crippen LogP contribution is 2.25. The van der Waals surface area contributed by atoms with E-state index < -0.39 is 10.9 Å². The summed E-state index contributed by atoms with van der Waals surface area (Å²) in [6.45, 7) is 6.01. The molecule has 7 nitrogen and oxygen atoms in total. The summed E-state index contributed by atoms with van der Waals surface area (Å²) in [5, 5.41) is 22.3. The zero-order chi connectivity index (χ0) is 18.3. The van der Waals surface area contributed by atoms with E-state index >= 15 is 0 Å². The van der Waals surface area contributed by atoms with Gasteiger partial charge in [0.25, 0.3) is 5.69 Å². The van der Waals surface area contributed by atoms with Crippen LogP contribution in [0.5, 0.6) is 0 Å². The maximum absolute atomic E-state index is 10.9. The first-order chi connectivity index (χ1) is 11.1. The van der Waals surface area contributed by atoms with E-state index in [1.54, 1.807) is 6.07 Å². The van der Waals surface area contributed by atoms with Crippen LogP contribution in [-0.4, -0.2) is 42.9 Å². The normalized spacial score (nSPS) is 9.13. The summed E-state index contributed by atoms with van der Waals surface area (Å²) in [5.41, 5.74) is 0.696. The van der Waals surface area contributed by atoms with Crippen LogP contribution >= 0.6 is 9.24 Å². The molecule has 0 amide bonds. The third-order valence-corrected chi connectivity index (χ3v) is 2.26. The van der Waals surface area contributed by atoms with E-state index in [0.717, 1.165) is 0 Å². The van der Waals surface area contributed by atoms with E-state index in [1.165, 1.54) is 31.4 Å². The standard InChI is InChI=1S/C12H14N2O5.C2H6.CH5P/c1-19-12(16)5-3-9-2-4-10(13-6-7-15)11(8-9)14(17)18;2*1-2/h2-5,8,13,15H,6-7H2,1H3;1-2H3;2H2,1H3/b5-3+;;. The lowest BCUT2D eigenvalue weighted by molar-refractivity contribution is -0.384. The molecule has 0 radical (unpaired) electrons. The summed E-state index contributed by atoms with van der Waals surface area (Å²) >= 11 is 0. The summed E-state index contributed by atoms with van der Waals surface area (Å²) < 4.78 is 4.43. The highest BCUT2D eigenvalue weighted by molar-refractivity contribution is 7.15. The first kappa shape index (κ1) is 23.3. The second-order valence-corrected chi connectivity index (χ2v) is 3.54. The fourth-order valence-electron chi connectivity index (χ4n) is 1.38. The van der Waals surface area contributed by atoms with E-state index in [9.17, 15) is 14.9 Å². The average molecular weight is 344 g/mol. The van der Waals surface area contributed by atoms with Gasteiger partial charge in [0.1, 0.15) is 5.69 Å². The molecule has 0 spiro atoms. The molecule has 0 fully saturated rings. The van der Waals surface area contributed by atoms with E-state index in [0.29, 0.717) is 11.3 Å². The van der Waals surface area contributed by atoms with Gasteiger partial charge in [-0.25, -0.2) is 4.79 Å². The largest absolute Gasteiger partial charge is 0.466 e. The van der Waals surface area contributed by atoms with Gasteiger partial charge in [0, 0.05) is 18.7 Å². The maximum atomic E-state index is 10.9. The minimum Gasteiger partial charge on any atom is -0.466 e. The summed E-state index contributed by atoms with van der Waals surface area (Å²) in [6.07, 6.45) is 2.61. The summed E-state index contributed by atoms with van der Waals surface area (Å²) in [6, 6.07) is 4.47. The third-order valence-electron chi connectivity index (χ3n) is 2.26. The number of nitrogens with zero attached hydrogens (tertiary/aromatic N) is 1. The number of hydrogen-bond acceptors (Lipinski definition) is 6. The lowest BCUT2D eigenvalue weighted by Crippen LogP contribution is -2.07. The Balaban J connectivity index is 0. The number of aliphatic hydroxyl groups excluding tert-OH is 1. The highest BCUT2D eigenvalue weighted by atomic mass is 31.0. The molecule has 0 saturated carbocycles.